The Kier molecular flexibility index (Phi) is 5.41. The van der Waals surface area contributed by atoms with Crippen molar-refractivity contribution in [3.63, 3.8) is 0 Å². The molecule has 0 saturated heterocycles. The maximum atomic E-state index is 12.8. The molecule has 1 N–H and O–H groups in total. The number of hydrogen-bond donors (Lipinski definition) is 1. The van der Waals surface area contributed by atoms with Gasteiger partial charge in [0.1, 0.15) is 0 Å². The third-order valence-electron chi connectivity index (χ3n) is 4.95. The first-order chi connectivity index (χ1) is 15.2. The zero-order valence-electron chi connectivity index (χ0n) is 16.4. The molecule has 0 spiro atoms. The Balaban J connectivity index is 1.58. The average molecular weight is 470 g/mol. The molecule has 8 nitrogen and oxygen atoms in total. The van der Waals surface area contributed by atoms with Crippen LogP contribution in [0.1, 0.15) is 36.6 Å². The maximum Gasteiger partial charge on any atom is 0.270 e. The molecule has 4 rings (SSSR count). The lowest BCUT2D eigenvalue weighted by Crippen LogP contribution is -2.30. The summed E-state index contributed by atoms with van der Waals surface area (Å²) in [5, 5.41) is 13.8. The van der Waals surface area contributed by atoms with E-state index in [-0.39, 0.29) is 27.4 Å². The SMILES string of the molecule is Cc1cc(NC(=O)c2ccc([N+](=O)[O-])cc2Cl)ccc1N1C(=O)c2ccc(Cl)cc2C1=O. The zero-order valence-corrected chi connectivity index (χ0v) is 17.9. The number of non-ortho nitro benzene ring substituents is 1. The second-order valence-electron chi connectivity index (χ2n) is 7.01. The molecule has 0 saturated carbocycles. The molecule has 0 aromatic heterocycles. The molecular formula is C22H13Cl2N3O5. The lowest BCUT2D eigenvalue weighted by atomic mass is 10.1. The number of anilines is 2. The fourth-order valence-corrected chi connectivity index (χ4v) is 3.85. The molecule has 0 atom stereocenters. The Labute approximate surface area is 191 Å². The van der Waals surface area contributed by atoms with Gasteiger partial charge in [0.25, 0.3) is 23.4 Å². The number of nitrogens with one attached hydrogen (secondary N) is 1. The summed E-state index contributed by atoms with van der Waals surface area (Å²) < 4.78 is 0. The second kappa shape index (κ2) is 8.07. The summed E-state index contributed by atoms with van der Waals surface area (Å²) in [5.74, 6) is -1.50. The molecule has 3 aromatic carbocycles. The van der Waals surface area contributed by atoms with Crippen molar-refractivity contribution >= 4 is 58.0 Å². The first-order valence-corrected chi connectivity index (χ1v) is 9.97. The van der Waals surface area contributed by atoms with E-state index in [4.69, 9.17) is 23.2 Å². The minimum absolute atomic E-state index is 0.0604. The molecular weight excluding hydrogens is 457 g/mol. The number of carbonyl (C=O) groups excluding carboxylic acids is 3. The van der Waals surface area contributed by atoms with E-state index < -0.39 is 22.6 Å². The number of halogens is 2. The summed E-state index contributed by atoms with van der Waals surface area (Å²) in [7, 11) is 0. The smallest absolute Gasteiger partial charge is 0.270 e. The molecule has 3 amide bonds. The number of benzene rings is 3. The van der Waals surface area contributed by atoms with Crippen molar-refractivity contribution in [3.05, 3.63) is 97.0 Å². The molecule has 0 unspecified atom stereocenters. The van der Waals surface area contributed by atoms with E-state index in [9.17, 15) is 24.5 Å². The van der Waals surface area contributed by atoms with Gasteiger partial charge in [-0.1, -0.05) is 23.2 Å². The highest BCUT2D eigenvalue weighted by Crippen LogP contribution is 2.33. The summed E-state index contributed by atoms with van der Waals surface area (Å²) in [6.45, 7) is 1.69. The largest absolute Gasteiger partial charge is 0.322 e. The number of rotatable bonds is 4. The van der Waals surface area contributed by atoms with Gasteiger partial charge in [0, 0.05) is 22.8 Å². The van der Waals surface area contributed by atoms with Crippen LogP contribution in [0, 0.1) is 17.0 Å². The van der Waals surface area contributed by atoms with Gasteiger partial charge in [-0.05, 0) is 55.0 Å². The summed E-state index contributed by atoms with van der Waals surface area (Å²) in [6.07, 6.45) is 0. The van der Waals surface area contributed by atoms with E-state index in [0.29, 0.717) is 22.0 Å². The van der Waals surface area contributed by atoms with Gasteiger partial charge in [-0.25, -0.2) is 4.90 Å². The number of amides is 3. The number of nitro benzene ring substituents is 1. The fourth-order valence-electron chi connectivity index (χ4n) is 3.42. The zero-order chi connectivity index (χ0) is 23.2. The van der Waals surface area contributed by atoms with Crippen molar-refractivity contribution in [1.82, 2.24) is 0 Å². The highest BCUT2D eigenvalue weighted by Gasteiger charge is 2.37. The van der Waals surface area contributed by atoms with E-state index in [1.165, 1.54) is 30.3 Å². The molecule has 160 valence electrons. The number of nitro groups is 1. The van der Waals surface area contributed by atoms with Crippen molar-refractivity contribution in [3.8, 4) is 0 Å². The molecule has 0 fully saturated rings. The van der Waals surface area contributed by atoms with Crippen LogP contribution in [0.5, 0.6) is 0 Å². The number of carbonyl (C=O) groups is 3. The molecule has 0 aliphatic carbocycles. The Morgan fingerprint density at radius 1 is 0.969 bits per heavy atom. The predicted octanol–water partition coefficient (Wildman–Crippen LogP) is 5.26. The first-order valence-electron chi connectivity index (χ1n) is 9.21. The predicted molar refractivity (Wildman–Crippen MR) is 120 cm³/mol. The standard InChI is InChI=1S/C22H13Cl2N3O5/c1-11-8-13(25-20(28)16-6-4-14(27(31)32)10-18(16)24)3-7-19(11)26-21(29)15-5-2-12(23)9-17(15)22(26)30/h2-10H,1H3,(H,25,28). The lowest BCUT2D eigenvalue weighted by Gasteiger charge is -2.17. The molecule has 3 aromatic rings. The topological polar surface area (TPSA) is 110 Å². The third-order valence-corrected chi connectivity index (χ3v) is 5.50. The van der Waals surface area contributed by atoms with Gasteiger partial charge >= 0.3 is 0 Å². The van der Waals surface area contributed by atoms with Crippen LogP contribution >= 0.6 is 23.2 Å². The van der Waals surface area contributed by atoms with Crippen molar-refractivity contribution in [2.45, 2.75) is 6.92 Å². The molecule has 1 aliphatic heterocycles. The van der Waals surface area contributed by atoms with Gasteiger partial charge in [-0.2, -0.15) is 0 Å². The first kappa shape index (κ1) is 21.5. The summed E-state index contributed by atoms with van der Waals surface area (Å²) in [4.78, 5) is 49.4. The van der Waals surface area contributed by atoms with Gasteiger partial charge in [-0.3, -0.25) is 24.5 Å². The van der Waals surface area contributed by atoms with Crippen LogP contribution in [-0.2, 0) is 0 Å². The molecule has 0 radical (unpaired) electrons. The highest BCUT2D eigenvalue weighted by molar-refractivity contribution is 6.37. The van der Waals surface area contributed by atoms with Crippen molar-refractivity contribution in [1.29, 1.82) is 0 Å². The van der Waals surface area contributed by atoms with Crippen LogP contribution in [0.25, 0.3) is 0 Å². The lowest BCUT2D eigenvalue weighted by molar-refractivity contribution is -0.384. The Morgan fingerprint density at radius 2 is 1.69 bits per heavy atom. The second-order valence-corrected chi connectivity index (χ2v) is 7.86. The average Bonchev–Trinajstić information content (AvgIpc) is 2.97. The van der Waals surface area contributed by atoms with E-state index in [2.05, 4.69) is 5.32 Å². The van der Waals surface area contributed by atoms with Crippen molar-refractivity contribution in [2.24, 2.45) is 0 Å². The van der Waals surface area contributed by atoms with Gasteiger partial charge in [0.2, 0.25) is 0 Å². The normalized spacial score (nSPS) is 12.7. The third kappa shape index (κ3) is 3.70. The van der Waals surface area contributed by atoms with Gasteiger partial charge < -0.3 is 5.32 Å². The maximum absolute atomic E-state index is 12.8. The molecule has 1 heterocycles. The van der Waals surface area contributed by atoms with Gasteiger partial charge in [-0.15, -0.1) is 0 Å². The molecule has 0 bridgehead atoms. The van der Waals surface area contributed by atoms with Crippen LogP contribution in [0.3, 0.4) is 0 Å². The molecule has 32 heavy (non-hydrogen) atoms. The fraction of sp³-hybridized carbons (Fsp3) is 0.0455. The quantitative estimate of drug-likeness (QED) is 0.318. The van der Waals surface area contributed by atoms with E-state index in [0.717, 1.165) is 11.0 Å². The van der Waals surface area contributed by atoms with Crippen LogP contribution in [0.15, 0.2) is 54.6 Å². The van der Waals surface area contributed by atoms with Crippen molar-refractivity contribution in [2.75, 3.05) is 10.2 Å². The molecule has 1 aliphatic rings. The minimum Gasteiger partial charge on any atom is -0.322 e. The highest BCUT2D eigenvalue weighted by atomic mass is 35.5. The monoisotopic (exact) mass is 469 g/mol. The van der Waals surface area contributed by atoms with E-state index >= 15 is 0 Å². The van der Waals surface area contributed by atoms with Crippen LogP contribution < -0.4 is 10.2 Å². The number of fused-ring (bicyclic) bond motifs is 1. The van der Waals surface area contributed by atoms with Gasteiger partial charge in [0.05, 0.1) is 32.3 Å². The Hall–Kier alpha value is -3.75. The van der Waals surface area contributed by atoms with E-state index in [1.54, 1.807) is 25.1 Å². The van der Waals surface area contributed by atoms with Gasteiger partial charge in [0.15, 0.2) is 0 Å². The summed E-state index contributed by atoms with van der Waals surface area (Å²) >= 11 is 12.0. The summed E-state index contributed by atoms with van der Waals surface area (Å²) in [6, 6.07) is 12.7. The van der Waals surface area contributed by atoms with Crippen LogP contribution in [-0.4, -0.2) is 22.6 Å². The molecule has 10 heteroatoms. The minimum atomic E-state index is -0.608. The van der Waals surface area contributed by atoms with Crippen LogP contribution in [0.4, 0.5) is 17.1 Å². The summed E-state index contributed by atoms with van der Waals surface area (Å²) in [5.41, 5.74) is 1.67. The van der Waals surface area contributed by atoms with Crippen molar-refractivity contribution < 1.29 is 19.3 Å². The van der Waals surface area contributed by atoms with Crippen LogP contribution in [0.2, 0.25) is 10.0 Å². The number of imide groups is 1. The Bertz CT molecular complexity index is 1340. The van der Waals surface area contributed by atoms with E-state index in [1.807, 2.05) is 0 Å². The Morgan fingerprint density at radius 3 is 2.34 bits per heavy atom. The number of nitrogens with zero attached hydrogens (tertiary/aromatic N) is 2. The number of hydrogen-bond acceptors (Lipinski definition) is 5. The number of aryl methyl sites for hydroxylation is 1.